The number of ether oxygens (including phenoxy) is 1. The second kappa shape index (κ2) is 6.62. The number of piperidine rings is 1. The highest BCUT2D eigenvalue weighted by Crippen LogP contribution is 2.35. The number of nitrogens with zero attached hydrogens (tertiary/aromatic N) is 4. The molecule has 0 radical (unpaired) electrons. The van der Waals surface area contributed by atoms with Crippen molar-refractivity contribution in [3.8, 4) is 6.07 Å². The molecule has 2 aromatic rings. The van der Waals surface area contributed by atoms with Gasteiger partial charge in [0.2, 0.25) is 0 Å². The molecule has 1 aromatic carbocycles. The number of rotatable bonds is 2. The van der Waals surface area contributed by atoms with Crippen LogP contribution in [0.25, 0.3) is 0 Å². The van der Waals surface area contributed by atoms with Crippen LogP contribution >= 0.6 is 0 Å². The van der Waals surface area contributed by atoms with Crippen molar-refractivity contribution in [1.29, 1.82) is 5.26 Å². The van der Waals surface area contributed by atoms with Crippen molar-refractivity contribution in [2.24, 2.45) is 0 Å². The number of hydrogen-bond donors (Lipinski definition) is 0. The van der Waals surface area contributed by atoms with Crippen LogP contribution in [0.4, 0.5) is 0 Å². The standard InChI is InChI=1S/C20H24N4O/c1-14-18(13-21)24-12-7-15-5-3-4-6-17(15)19(20(24)22-14)25-16-8-10-23(2)11-9-16/h3-6,16,19H,7-12H2,1-2H3. The van der Waals surface area contributed by atoms with Gasteiger partial charge in [-0.25, -0.2) is 4.98 Å². The molecule has 1 unspecified atom stereocenters. The molecule has 25 heavy (non-hydrogen) atoms. The Labute approximate surface area is 148 Å². The minimum Gasteiger partial charge on any atom is -0.362 e. The predicted octanol–water partition coefficient (Wildman–Crippen LogP) is 2.82. The molecule has 1 saturated heterocycles. The third kappa shape index (κ3) is 2.97. The summed E-state index contributed by atoms with van der Waals surface area (Å²) in [7, 11) is 2.16. The van der Waals surface area contributed by atoms with E-state index in [-0.39, 0.29) is 12.2 Å². The zero-order chi connectivity index (χ0) is 17.4. The van der Waals surface area contributed by atoms with Gasteiger partial charge < -0.3 is 14.2 Å². The van der Waals surface area contributed by atoms with Gasteiger partial charge in [0.05, 0.1) is 11.8 Å². The van der Waals surface area contributed by atoms with Gasteiger partial charge in [0.25, 0.3) is 0 Å². The number of nitriles is 1. The Morgan fingerprint density at radius 3 is 2.72 bits per heavy atom. The van der Waals surface area contributed by atoms with Crippen LogP contribution in [0.3, 0.4) is 0 Å². The summed E-state index contributed by atoms with van der Waals surface area (Å²) in [5.74, 6) is 0.887. The number of fused-ring (bicyclic) bond motifs is 2. The number of imidazole rings is 1. The van der Waals surface area contributed by atoms with Crippen LogP contribution in [-0.4, -0.2) is 40.7 Å². The van der Waals surface area contributed by atoms with Crippen molar-refractivity contribution in [2.45, 2.75) is 44.9 Å². The Kier molecular flexibility index (Phi) is 4.32. The first-order chi connectivity index (χ1) is 12.2. The first kappa shape index (κ1) is 16.3. The summed E-state index contributed by atoms with van der Waals surface area (Å²) in [6.45, 7) is 4.83. The molecule has 5 heteroatoms. The third-order valence-corrected chi connectivity index (χ3v) is 5.45. The van der Waals surface area contributed by atoms with E-state index in [2.05, 4.69) is 46.8 Å². The molecule has 0 N–H and O–H groups in total. The van der Waals surface area contributed by atoms with Gasteiger partial charge in [0.15, 0.2) is 0 Å². The lowest BCUT2D eigenvalue weighted by molar-refractivity contribution is -0.0276. The van der Waals surface area contributed by atoms with Gasteiger partial charge in [-0.05, 0) is 44.4 Å². The molecule has 1 atom stereocenters. The summed E-state index contributed by atoms with van der Waals surface area (Å²) in [6.07, 6.45) is 3.04. The molecule has 0 aliphatic carbocycles. The van der Waals surface area contributed by atoms with Crippen LogP contribution in [0.1, 0.15) is 47.3 Å². The normalized spacial score (nSPS) is 21.2. The van der Waals surface area contributed by atoms with Gasteiger partial charge in [-0.2, -0.15) is 5.26 Å². The highest BCUT2D eigenvalue weighted by Gasteiger charge is 2.31. The topological polar surface area (TPSA) is 54.1 Å². The average Bonchev–Trinajstić information content (AvgIpc) is 2.87. The quantitative estimate of drug-likeness (QED) is 0.846. The lowest BCUT2D eigenvalue weighted by atomic mass is 10.00. The van der Waals surface area contributed by atoms with Gasteiger partial charge in [0, 0.05) is 19.6 Å². The van der Waals surface area contributed by atoms with E-state index in [0.29, 0.717) is 5.69 Å². The highest BCUT2D eigenvalue weighted by molar-refractivity contribution is 5.38. The zero-order valence-corrected chi connectivity index (χ0v) is 14.9. The molecule has 0 saturated carbocycles. The number of likely N-dealkylation sites (tertiary alicyclic amines) is 1. The summed E-state index contributed by atoms with van der Waals surface area (Å²) < 4.78 is 8.67. The lowest BCUT2D eigenvalue weighted by Gasteiger charge is -2.32. The fraction of sp³-hybridized carbons (Fsp3) is 0.500. The first-order valence-electron chi connectivity index (χ1n) is 9.06. The smallest absolute Gasteiger partial charge is 0.143 e. The van der Waals surface area contributed by atoms with Crippen molar-refractivity contribution in [3.63, 3.8) is 0 Å². The predicted molar refractivity (Wildman–Crippen MR) is 95.3 cm³/mol. The fourth-order valence-electron chi connectivity index (χ4n) is 4.00. The second-order valence-corrected chi connectivity index (χ2v) is 7.14. The molecule has 5 nitrogen and oxygen atoms in total. The molecule has 1 fully saturated rings. The molecule has 4 rings (SSSR count). The molecule has 0 spiro atoms. The molecule has 2 aliphatic heterocycles. The van der Waals surface area contributed by atoms with Crippen molar-refractivity contribution in [3.05, 3.63) is 52.6 Å². The average molecular weight is 336 g/mol. The lowest BCUT2D eigenvalue weighted by Crippen LogP contribution is -2.35. The van der Waals surface area contributed by atoms with Gasteiger partial charge in [-0.3, -0.25) is 0 Å². The molecule has 2 aliphatic rings. The Bertz CT molecular complexity index is 812. The van der Waals surface area contributed by atoms with Crippen molar-refractivity contribution >= 4 is 0 Å². The highest BCUT2D eigenvalue weighted by atomic mass is 16.5. The number of aromatic nitrogens is 2. The van der Waals surface area contributed by atoms with E-state index in [9.17, 15) is 5.26 Å². The molecule has 130 valence electrons. The molecule has 1 aromatic heterocycles. The van der Waals surface area contributed by atoms with Crippen LogP contribution in [-0.2, 0) is 17.7 Å². The molecular weight excluding hydrogens is 312 g/mol. The van der Waals surface area contributed by atoms with Crippen LogP contribution in [0.2, 0.25) is 0 Å². The van der Waals surface area contributed by atoms with Gasteiger partial charge in [-0.1, -0.05) is 24.3 Å². The maximum atomic E-state index is 9.55. The zero-order valence-electron chi connectivity index (χ0n) is 14.9. The Morgan fingerprint density at radius 1 is 1.20 bits per heavy atom. The van der Waals surface area contributed by atoms with Crippen molar-refractivity contribution in [1.82, 2.24) is 14.5 Å². The minimum absolute atomic E-state index is 0.187. The summed E-state index contributed by atoms with van der Waals surface area (Å²) in [5, 5.41) is 9.55. The maximum Gasteiger partial charge on any atom is 0.143 e. The maximum absolute atomic E-state index is 9.55. The Morgan fingerprint density at radius 2 is 1.96 bits per heavy atom. The summed E-state index contributed by atoms with van der Waals surface area (Å²) in [4.78, 5) is 7.09. The number of benzene rings is 1. The van der Waals surface area contributed by atoms with E-state index in [4.69, 9.17) is 9.72 Å². The van der Waals surface area contributed by atoms with E-state index >= 15 is 0 Å². The number of hydrogen-bond acceptors (Lipinski definition) is 4. The van der Waals surface area contributed by atoms with Crippen LogP contribution < -0.4 is 0 Å². The fourth-order valence-corrected chi connectivity index (χ4v) is 4.00. The first-order valence-corrected chi connectivity index (χ1v) is 9.06. The monoisotopic (exact) mass is 336 g/mol. The molecule has 0 bridgehead atoms. The summed E-state index contributed by atoms with van der Waals surface area (Å²) >= 11 is 0. The van der Waals surface area contributed by atoms with Gasteiger partial charge in [0.1, 0.15) is 23.7 Å². The molecular formula is C20H24N4O. The van der Waals surface area contributed by atoms with E-state index in [1.54, 1.807) is 0 Å². The van der Waals surface area contributed by atoms with Crippen molar-refractivity contribution in [2.75, 3.05) is 20.1 Å². The van der Waals surface area contributed by atoms with Gasteiger partial charge in [-0.15, -0.1) is 0 Å². The Hall–Kier alpha value is -2.16. The van der Waals surface area contributed by atoms with Crippen molar-refractivity contribution < 1.29 is 4.74 Å². The third-order valence-electron chi connectivity index (χ3n) is 5.45. The van der Waals surface area contributed by atoms with Crippen LogP contribution in [0, 0.1) is 18.3 Å². The van der Waals surface area contributed by atoms with E-state index in [1.165, 1.54) is 11.1 Å². The van der Waals surface area contributed by atoms with E-state index in [0.717, 1.165) is 50.4 Å². The van der Waals surface area contributed by atoms with Crippen LogP contribution in [0.5, 0.6) is 0 Å². The molecule has 0 amide bonds. The van der Waals surface area contributed by atoms with Gasteiger partial charge >= 0.3 is 0 Å². The largest absolute Gasteiger partial charge is 0.362 e. The second-order valence-electron chi connectivity index (χ2n) is 7.14. The number of aryl methyl sites for hydroxylation is 2. The molecule has 3 heterocycles. The minimum atomic E-state index is -0.187. The summed E-state index contributed by atoms with van der Waals surface area (Å²) in [6, 6.07) is 10.8. The Balaban J connectivity index is 1.74. The van der Waals surface area contributed by atoms with E-state index in [1.807, 2.05) is 6.92 Å². The van der Waals surface area contributed by atoms with E-state index < -0.39 is 0 Å². The SMILES string of the molecule is Cc1nc2n(c1C#N)CCc1ccccc1C2OC1CCN(C)CC1. The van der Waals surface area contributed by atoms with Crippen LogP contribution in [0.15, 0.2) is 24.3 Å². The summed E-state index contributed by atoms with van der Waals surface area (Å²) in [5.41, 5.74) is 3.97.